The van der Waals surface area contributed by atoms with Gasteiger partial charge in [0.1, 0.15) is 0 Å². The summed E-state index contributed by atoms with van der Waals surface area (Å²) in [6.45, 7) is 4.26. The van der Waals surface area contributed by atoms with E-state index < -0.39 is 5.97 Å². The maximum absolute atomic E-state index is 10.8. The van der Waals surface area contributed by atoms with E-state index in [0.29, 0.717) is 12.2 Å². The molecule has 0 unspecified atom stereocenters. The van der Waals surface area contributed by atoms with Crippen molar-refractivity contribution in [1.29, 1.82) is 0 Å². The summed E-state index contributed by atoms with van der Waals surface area (Å²) in [6.07, 6.45) is 0. The van der Waals surface area contributed by atoms with Crippen LogP contribution in [-0.2, 0) is 6.54 Å². The van der Waals surface area contributed by atoms with E-state index in [1.807, 2.05) is 31.2 Å². The molecule has 0 amide bonds. The predicted octanol–water partition coefficient (Wildman–Crippen LogP) is 1.64. The molecule has 1 aromatic heterocycles. The second-order valence-corrected chi connectivity index (χ2v) is 3.97. The third-order valence-corrected chi connectivity index (χ3v) is 2.64. The summed E-state index contributed by atoms with van der Waals surface area (Å²) < 4.78 is 1.59. The normalized spacial score (nSPS) is 10.5. The first kappa shape index (κ1) is 11.3. The highest BCUT2D eigenvalue weighted by molar-refractivity contribution is 5.86. The average Bonchev–Trinajstić information content (AvgIpc) is 2.64. The molecule has 0 saturated heterocycles. The number of rotatable bonds is 3. The van der Waals surface area contributed by atoms with Gasteiger partial charge in [0, 0.05) is 0 Å². The van der Waals surface area contributed by atoms with Crippen molar-refractivity contribution in [2.24, 2.45) is 0 Å². The third kappa shape index (κ3) is 2.33. The fourth-order valence-electron chi connectivity index (χ4n) is 1.57. The standard InChI is InChI=1S/C12H13N3O2/c1-8-3-5-10(6-4-8)7-15-9(2)11(12(16)17)13-14-15/h3-6H,7H2,1-2H3,(H,16,17). The van der Waals surface area contributed by atoms with E-state index in [0.717, 1.165) is 5.56 Å². The fourth-order valence-corrected chi connectivity index (χ4v) is 1.57. The number of aryl methyl sites for hydroxylation is 1. The number of hydrogen-bond acceptors (Lipinski definition) is 3. The molecule has 0 bridgehead atoms. The van der Waals surface area contributed by atoms with E-state index in [1.165, 1.54) is 5.56 Å². The number of aromatic carboxylic acids is 1. The van der Waals surface area contributed by atoms with Gasteiger partial charge in [-0.3, -0.25) is 0 Å². The summed E-state index contributed by atoms with van der Waals surface area (Å²) in [5.41, 5.74) is 2.84. The first-order chi connectivity index (χ1) is 8.08. The van der Waals surface area contributed by atoms with Crippen molar-refractivity contribution < 1.29 is 9.90 Å². The van der Waals surface area contributed by atoms with E-state index in [9.17, 15) is 4.79 Å². The Hall–Kier alpha value is -2.17. The van der Waals surface area contributed by atoms with Gasteiger partial charge in [-0.25, -0.2) is 9.48 Å². The summed E-state index contributed by atoms with van der Waals surface area (Å²) in [6, 6.07) is 8.02. The molecule has 0 aliphatic rings. The van der Waals surface area contributed by atoms with Crippen molar-refractivity contribution >= 4 is 5.97 Å². The van der Waals surface area contributed by atoms with Crippen LogP contribution in [0.15, 0.2) is 24.3 Å². The van der Waals surface area contributed by atoms with Gasteiger partial charge in [0.15, 0.2) is 5.69 Å². The molecule has 1 heterocycles. The molecule has 0 saturated carbocycles. The summed E-state index contributed by atoms with van der Waals surface area (Å²) in [4.78, 5) is 10.8. The average molecular weight is 231 g/mol. The highest BCUT2D eigenvalue weighted by atomic mass is 16.4. The molecule has 0 aliphatic heterocycles. The number of carbonyl (C=O) groups is 1. The van der Waals surface area contributed by atoms with Gasteiger partial charge in [-0.15, -0.1) is 5.10 Å². The van der Waals surface area contributed by atoms with Crippen molar-refractivity contribution in [3.05, 3.63) is 46.8 Å². The molecule has 1 N–H and O–H groups in total. The van der Waals surface area contributed by atoms with Gasteiger partial charge in [0.2, 0.25) is 0 Å². The second kappa shape index (κ2) is 4.37. The minimum absolute atomic E-state index is 0.0112. The number of hydrogen-bond donors (Lipinski definition) is 1. The number of carboxylic acid groups (broad SMARTS) is 1. The fraction of sp³-hybridized carbons (Fsp3) is 0.250. The third-order valence-electron chi connectivity index (χ3n) is 2.64. The largest absolute Gasteiger partial charge is 0.476 e. The lowest BCUT2D eigenvalue weighted by molar-refractivity contribution is 0.0689. The molecule has 5 heteroatoms. The topological polar surface area (TPSA) is 68.0 Å². The Labute approximate surface area is 98.7 Å². The zero-order valence-corrected chi connectivity index (χ0v) is 9.71. The van der Waals surface area contributed by atoms with Crippen LogP contribution in [0.25, 0.3) is 0 Å². The zero-order chi connectivity index (χ0) is 12.4. The minimum atomic E-state index is -1.04. The number of benzene rings is 1. The van der Waals surface area contributed by atoms with Crippen molar-refractivity contribution in [2.45, 2.75) is 20.4 Å². The molecule has 1 aromatic carbocycles. The lowest BCUT2D eigenvalue weighted by Crippen LogP contribution is -2.05. The first-order valence-corrected chi connectivity index (χ1v) is 5.27. The highest BCUT2D eigenvalue weighted by Gasteiger charge is 2.14. The van der Waals surface area contributed by atoms with Crippen LogP contribution in [-0.4, -0.2) is 26.1 Å². The van der Waals surface area contributed by atoms with E-state index >= 15 is 0 Å². The van der Waals surface area contributed by atoms with E-state index in [-0.39, 0.29) is 5.69 Å². The van der Waals surface area contributed by atoms with E-state index in [4.69, 9.17) is 5.11 Å². The van der Waals surface area contributed by atoms with Gasteiger partial charge < -0.3 is 5.11 Å². The van der Waals surface area contributed by atoms with Gasteiger partial charge in [-0.2, -0.15) is 0 Å². The Bertz CT molecular complexity index is 543. The van der Waals surface area contributed by atoms with Crippen LogP contribution in [0.5, 0.6) is 0 Å². The van der Waals surface area contributed by atoms with Gasteiger partial charge in [-0.1, -0.05) is 35.0 Å². The van der Waals surface area contributed by atoms with E-state index in [2.05, 4.69) is 10.3 Å². The SMILES string of the molecule is Cc1ccc(Cn2nnc(C(=O)O)c2C)cc1. The Morgan fingerprint density at radius 2 is 1.94 bits per heavy atom. The molecule has 2 rings (SSSR count). The quantitative estimate of drug-likeness (QED) is 0.871. The number of aromatic nitrogens is 3. The maximum Gasteiger partial charge on any atom is 0.358 e. The molecule has 0 aliphatic carbocycles. The van der Waals surface area contributed by atoms with Crippen LogP contribution in [0.3, 0.4) is 0 Å². The van der Waals surface area contributed by atoms with Gasteiger partial charge >= 0.3 is 5.97 Å². The molecule has 0 atom stereocenters. The van der Waals surface area contributed by atoms with Crippen LogP contribution in [0.2, 0.25) is 0 Å². The van der Waals surface area contributed by atoms with Gasteiger partial charge in [0.25, 0.3) is 0 Å². The molecule has 0 fully saturated rings. The van der Waals surface area contributed by atoms with Crippen molar-refractivity contribution in [1.82, 2.24) is 15.0 Å². The zero-order valence-electron chi connectivity index (χ0n) is 9.71. The molecule has 0 spiro atoms. The van der Waals surface area contributed by atoms with Crippen LogP contribution in [0, 0.1) is 13.8 Å². The summed E-state index contributed by atoms with van der Waals surface area (Å²) in [7, 11) is 0. The Morgan fingerprint density at radius 3 is 2.47 bits per heavy atom. The van der Waals surface area contributed by atoms with Gasteiger partial charge in [-0.05, 0) is 19.4 Å². The van der Waals surface area contributed by atoms with Crippen molar-refractivity contribution in [3.63, 3.8) is 0 Å². The Morgan fingerprint density at radius 1 is 1.29 bits per heavy atom. The van der Waals surface area contributed by atoms with Gasteiger partial charge in [0.05, 0.1) is 12.2 Å². The van der Waals surface area contributed by atoms with Crippen molar-refractivity contribution in [2.75, 3.05) is 0 Å². The number of nitrogens with zero attached hydrogens (tertiary/aromatic N) is 3. The molecule has 5 nitrogen and oxygen atoms in total. The molecular weight excluding hydrogens is 218 g/mol. The molecule has 0 radical (unpaired) electrons. The summed E-state index contributed by atoms with van der Waals surface area (Å²) in [5, 5.41) is 16.3. The Balaban J connectivity index is 2.24. The van der Waals surface area contributed by atoms with Crippen LogP contribution in [0.1, 0.15) is 27.3 Å². The second-order valence-electron chi connectivity index (χ2n) is 3.97. The molecule has 17 heavy (non-hydrogen) atoms. The summed E-state index contributed by atoms with van der Waals surface area (Å²) in [5.74, 6) is -1.04. The minimum Gasteiger partial charge on any atom is -0.476 e. The Kier molecular flexibility index (Phi) is 2.91. The predicted molar refractivity (Wildman–Crippen MR) is 62.0 cm³/mol. The lowest BCUT2D eigenvalue weighted by Gasteiger charge is -2.03. The number of carboxylic acids is 1. The van der Waals surface area contributed by atoms with E-state index in [1.54, 1.807) is 11.6 Å². The monoisotopic (exact) mass is 231 g/mol. The maximum atomic E-state index is 10.8. The highest BCUT2D eigenvalue weighted by Crippen LogP contribution is 2.09. The first-order valence-electron chi connectivity index (χ1n) is 5.27. The molecular formula is C12H13N3O2. The van der Waals surface area contributed by atoms with Crippen molar-refractivity contribution in [3.8, 4) is 0 Å². The van der Waals surface area contributed by atoms with Crippen LogP contribution >= 0.6 is 0 Å². The molecule has 88 valence electrons. The molecule has 2 aromatic rings. The smallest absolute Gasteiger partial charge is 0.358 e. The summed E-state index contributed by atoms with van der Waals surface area (Å²) >= 11 is 0. The lowest BCUT2D eigenvalue weighted by atomic mass is 10.1. The van der Waals surface area contributed by atoms with Crippen LogP contribution in [0.4, 0.5) is 0 Å². The van der Waals surface area contributed by atoms with Crippen LogP contribution < -0.4 is 0 Å².